The van der Waals surface area contributed by atoms with Crippen LogP contribution in [0.15, 0.2) is 12.2 Å². The molecule has 0 amide bonds. The summed E-state index contributed by atoms with van der Waals surface area (Å²) >= 11 is 0. The first-order valence-electron chi connectivity index (χ1n) is 17.2. The van der Waals surface area contributed by atoms with Gasteiger partial charge in [-0.1, -0.05) is 142 Å². The van der Waals surface area contributed by atoms with Crippen molar-refractivity contribution in [2.75, 3.05) is 13.2 Å². The molecule has 5 nitrogen and oxygen atoms in total. The Balaban J connectivity index is 3.57. The first-order chi connectivity index (χ1) is 19.6. The zero-order valence-electron chi connectivity index (χ0n) is 26.6. The van der Waals surface area contributed by atoms with Crippen LogP contribution in [0.2, 0.25) is 0 Å². The van der Waals surface area contributed by atoms with E-state index in [2.05, 4.69) is 26.0 Å². The highest BCUT2D eigenvalue weighted by Crippen LogP contribution is 2.13. The Labute approximate surface area is 248 Å². The third kappa shape index (κ3) is 29.6. The predicted octanol–water partition coefficient (Wildman–Crippen LogP) is 10.2. The Morgan fingerprint density at radius 3 is 1.35 bits per heavy atom. The summed E-state index contributed by atoms with van der Waals surface area (Å²) in [5.74, 6) is -0.597. The summed E-state index contributed by atoms with van der Waals surface area (Å²) in [4.78, 5) is 24.1. The smallest absolute Gasteiger partial charge is 0.306 e. The average Bonchev–Trinajstić information content (AvgIpc) is 2.96. The van der Waals surface area contributed by atoms with E-state index in [1.54, 1.807) is 0 Å². The highest BCUT2D eigenvalue weighted by atomic mass is 16.6. The van der Waals surface area contributed by atoms with Crippen LogP contribution < -0.4 is 0 Å². The Bertz CT molecular complexity index is 574. The van der Waals surface area contributed by atoms with E-state index in [1.165, 1.54) is 109 Å². The molecule has 236 valence electrons. The van der Waals surface area contributed by atoms with Gasteiger partial charge in [0.05, 0.1) is 6.61 Å². The Hall–Kier alpha value is -1.36. The molecule has 1 atom stereocenters. The Morgan fingerprint density at radius 1 is 0.550 bits per heavy atom. The molecule has 0 rings (SSSR count). The highest BCUT2D eigenvalue weighted by molar-refractivity contribution is 5.70. The van der Waals surface area contributed by atoms with Gasteiger partial charge in [0.15, 0.2) is 6.10 Å². The van der Waals surface area contributed by atoms with Crippen LogP contribution in [-0.4, -0.2) is 36.4 Å². The number of carbonyl (C=O) groups excluding carboxylic acids is 2. The number of allylic oxidation sites excluding steroid dienone is 2. The fourth-order valence-corrected chi connectivity index (χ4v) is 4.90. The van der Waals surface area contributed by atoms with Gasteiger partial charge >= 0.3 is 11.9 Å². The fraction of sp³-hybridized carbons (Fsp3) is 0.886. The van der Waals surface area contributed by atoms with E-state index in [4.69, 9.17) is 9.47 Å². The van der Waals surface area contributed by atoms with Crippen LogP contribution >= 0.6 is 0 Å². The molecule has 0 aromatic rings. The molecule has 0 aliphatic heterocycles. The summed E-state index contributed by atoms with van der Waals surface area (Å²) in [5.41, 5.74) is 0. The minimum atomic E-state index is -0.765. The molecular formula is C35H66O5. The normalized spacial score (nSPS) is 12.2. The average molecular weight is 567 g/mol. The number of unbranched alkanes of at least 4 members (excludes halogenated alkanes) is 21. The maximum atomic E-state index is 12.1. The van der Waals surface area contributed by atoms with Gasteiger partial charge in [0.2, 0.25) is 0 Å². The van der Waals surface area contributed by atoms with Gasteiger partial charge in [0.1, 0.15) is 6.61 Å². The zero-order chi connectivity index (χ0) is 29.4. The van der Waals surface area contributed by atoms with Gasteiger partial charge < -0.3 is 14.6 Å². The number of hydrogen-bond donors (Lipinski definition) is 1. The first-order valence-corrected chi connectivity index (χ1v) is 17.2. The largest absolute Gasteiger partial charge is 0.462 e. The van der Waals surface area contributed by atoms with E-state index in [1.807, 2.05) is 0 Å². The summed E-state index contributed by atoms with van der Waals surface area (Å²) in [6.07, 6.45) is 34.0. The summed E-state index contributed by atoms with van der Waals surface area (Å²) in [6.45, 7) is 4.11. The molecule has 0 aromatic carbocycles. The lowest BCUT2D eigenvalue weighted by molar-refractivity contribution is -0.161. The quantitative estimate of drug-likeness (QED) is 0.0513. The van der Waals surface area contributed by atoms with E-state index in [-0.39, 0.29) is 25.2 Å². The second-order valence-electron chi connectivity index (χ2n) is 11.6. The van der Waals surface area contributed by atoms with Crippen LogP contribution in [0.4, 0.5) is 0 Å². The predicted molar refractivity (Wildman–Crippen MR) is 168 cm³/mol. The topological polar surface area (TPSA) is 72.8 Å². The van der Waals surface area contributed by atoms with Gasteiger partial charge in [0.25, 0.3) is 0 Å². The summed E-state index contributed by atoms with van der Waals surface area (Å²) in [7, 11) is 0. The minimum absolute atomic E-state index is 0.0651. The lowest BCUT2D eigenvalue weighted by atomic mass is 10.1. The monoisotopic (exact) mass is 566 g/mol. The maximum Gasteiger partial charge on any atom is 0.306 e. The second-order valence-corrected chi connectivity index (χ2v) is 11.6. The molecule has 0 radical (unpaired) electrons. The van der Waals surface area contributed by atoms with Crippen molar-refractivity contribution in [3.63, 3.8) is 0 Å². The van der Waals surface area contributed by atoms with Gasteiger partial charge in [0, 0.05) is 12.8 Å². The maximum absolute atomic E-state index is 12.1. The molecule has 0 bridgehead atoms. The Kier molecular flexibility index (Phi) is 31.1. The third-order valence-corrected chi connectivity index (χ3v) is 7.56. The highest BCUT2D eigenvalue weighted by Gasteiger charge is 2.16. The molecular weight excluding hydrogens is 500 g/mol. The van der Waals surface area contributed by atoms with Crippen LogP contribution in [-0.2, 0) is 19.1 Å². The second kappa shape index (κ2) is 32.2. The Morgan fingerprint density at radius 2 is 0.925 bits per heavy atom. The van der Waals surface area contributed by atoms with E-state index in [9.17, 15) is 14.7 Å². The number of esters is 2. The molecule has 1 unspecified atom stereocenters. The number of aliphatic hydroxyl groups is 1. The minimum Gasteiger partial charge on any atom is -0.462 e. The molecule has 0 aromatic heterocycles. The third-order valence-electron chi connectivity index (χ3n) is 7.56. The standard InChI is InChI=1S/C35H66O5/c1-3-5-7-9-11-13-15-16-17-18-20-21-23-25-27-29-34(37)39-32-33(31-36)40-35(38)30-28-26-24-22-19-14-12-10-8-6-4-2/h16-17,33,36H,3-15,18-32H2,1-2H3/b17-16-. The van der Waals surface area contributed by atoms with Crippen molar-refractivity contribution in [1.82, 2.24) is 0 Å². The van der Waals surface area contributed by atoms with Crippen LogP contribution in [0.1, 0.15) is 181 Å². The van der Waals surface area contributed by atoms with Crippen LogP contribution in [0.3, 0.4) is 0 Å². The molecule has 0 fully saturated rings. The van der Waals surface area contributed by atoms with E-state index in [0.717, 1.165) is 44.9 Å². The van der Waals surface area contributed by atoms with Crippen molar-refractivity contribution in [3.8, 4) is 0 Å². The van der Waals surface area contributed by atoms with E-state index in [0.29, 0.717) is 12.8 Å². The fourth-order valence-electron chi connectivity index (χ4n) is 4.90. The van der Waals surface area contributed by atoms with Gasteiger partial charge in [-0.2, -0.15) is 0 Å². The number of aliphatic hydroxyl groups excluding tert-OH is 1. The zero-order valence-corrected chi connectivity index (χ0v) is 26.6. The molecule has 0 saturated carbocycles. The van der Waals surface area contributed by atoms with Gasteiger partial charge in [-0.05, 0) is 38.5 Å². The van der Waals surface area contributed by atoms with E-state index < -0.39 is 6.10 Å². The summed E-state index contributed by atoms with van der Waals surface area (Å²) in [5, 5.41) is 9.49. The van der Waals surface area contributed by atoms with Gasteiger partial charge in [-0.3, -0.25) is 9.59 Å². The van der Waals surface area contributed by atoms with Crippen LogP contribution in [0.5, 0.6) is 0 Å². The SMILES string of the molecule is CCCCCCCC/C=C\CCCCCCCC(=O)OCC(CO)OC(=O)CCCCCCCCCCCCC. The molecule has 5 heteroatoms. The molecule has 0 aliphatic carbocycles. The van der Waals surface area contributed by atoms with Crippen LogP contribution in [0, 0.1) is 0 Å². The lowest BCUT2D eigenvalue weighted by Gasteiger charge is -2.15. The van der Waals surface area contributed by atoms with Crippen molar-refractivity contribution in [3.05, 3.63) is 12.2 Å². The molecule has 0 spiro atoms. The summed E-state index contributed by atoms with van der Waals surface area (Å²) < 4.78 is 10.5. The van der Waals surface area contributed by atoms with Gasteiger partial charge in [-0.25, -0.2) is 0 Å². The lowest BCUT2D eigenvalue weighted by Crippen LogP contribution is -2.28. The van der Waals surface area contributed by atoms with E-state index >= 15 is 0 Å². The number of rotatable bonds is 31. The molecule has 0 aliphatic rings. The van der Waals surface area contributed by atoms with Crippen LogP contribution in [0.25, 0.3) is 0 Å². The van der Waals surface area contributed by atoms with Crippen molar-refractivity contribution < 1.29 is 24.2 Å². The van der Waals surface area contributed by atoms with Crippen molar-refractivity contribution >= 4 is 11.9 Å². The first kappa shape index (κ1) is 38.6. The number of ether oxygens (including phenoxy) is 2. The van der Waals surface area contributed by atoms with Crippen molar-refractivity contribution in [2.45, 2.75) is 187 Å². The molecule has 1 N–H and O–H groups in total. The van der Waals surface area contributed by atoms with Crippen molar-refractivity contribution in [2.24, 2.45) is 0 Å². The molecule has 0 saturated heterocycles. The summed E-state index contributed by atoms with van der Waals surface area (Å²) in [6, 6.07) is 0. The number of carbonyl (C=O) groups is 2. The van der Waals surface area contributed by atoms with Crippen molar-refractivity contribution in [1.29, 1.82) is 0 Å². The molecule has 0 heterocycles. The van der Waals surface area contributed by atoms with Gasteiger partial charge in [-0.15, -0.1) is 0 Å². The molecule has 40 heavy (non-hydrogen) atoms. The number of hydrogen-bond acceptors (Lipinski definition) is 5.